The lowest BCUT2D eigenvalue weighted by atomic mass is 10.2. The molecular weight excluding hydrogens is 438 g/mol. The molecule has 2 aromatic heterocycles. The van der Waals surface area contributed by atoms with Crippen LogP contribution < -0.4 is 4.90 Å². The fourth-order valence-electron chi connectivity index (χ4n) is 3.65. The van der Waals surface area contributed by atoms with E-state index in [-0.39, 0.29) is 0 Å². The van der Waals surface area contributed by atoms with Crippen LogP contribution in [0.25, 0.3) is 5.69 Å². The highest BCUT2D eigenvalue weighted by atomic mass is 32.2. The molecule has 0 N–H and O–H groups in total. The third-order valence-electron chi connectivity index (χ3n) is 5.35. The monoisotopic (exact) mass is 463 g/mol. The van der Waals surface area contributed by atoms with Gasteiger partial charge in [0.05, 0.1) is 29.6 Å². The molecule has 0 radical (unpaired) electrons. The lowest BCUT2D eigenvalue weighted by Gasteiger charge is -2.27. The van der Waals surface area contributed by atoms with Crippen molar-refractivity contribution in [3.63, 3.8) is 0 Å². The first-order valence-corrected chi connectivity index (χ1v) is 12.6. The van der Waals surface area contributed by atoms with Crippen molar-refractivity contribution in [2.45, 2.75) is 24.3 Å². The van der Waals surface area contributed by atoms with E-state index in [1.807, 2.05) is 6.07 Å². The number of hydrogen-bond acceptors (Lipinski definition) is 7. The van der Waals surface area contributed by atoms with Crippen LogP contribution in [-0.2, 0) is 16.9 Å². The Labute approximate surface area is 196 Å². The van der Waals surface area contributed by atoms with Crippen LogP contribution in [0.1, 0.15) is 21.8 Å². The minimum Gasteiger partial charge on any atom is -0.378 e. The smallest absolute Gasteiger partial charge is 0.232 e. The van der Waals surface area contributed by atoms with Crippen LogP contribution in [0, 0.1) is 6.92 Å². The second-order valence-corrected chi connectivity index (χ2v) is 9.62. The van der Waals surface area contributed by atoms with Gasteiger partial charge in [-0.25, -0.2) is 4.98 Å². The molecule has 2 aromatic carbocycles. The van der Waals surface area contributed by atoms with Gasteiger partial charge in [-0.15, -0.1) is 21.5 Å². The molecule has 0 saturated carbocycles. The minimum atomic E-state index is 0.715. The second kappa shape index (κ2) is 9.85. The highest BCUT2D eigenvalue weighted by Gasteiger charge is 2.22. The number of rotatable bonds is 7. The molecule has 0 unspecified atom stereocenters. The molecule has 8 heteroatoms. The first kappa shape index (κ1) is 21.2. The molecule has 0 aliphatic carbocycles. The van der Waals surface area contributed by atoms with Crippen LogP contribution in [0.5, 0.6) is 0 Å². The summed E-state index contributed by atoms with van der Waals surface area (Å²) in [6, 6.07) is 19.0. The van der Waals surface area contributed by atoms with Crippen LogP contribution >= 0.6 is 23.1 Å². The summed E-state index contributed by atoms with van der Waals surface area (Å²) in [6.07, 6.45) is 0.872. The molecule has 0 spiro atoms. The van der Waals surface area contributed by atoms with Crippen molar-refractivity contribution in [2.75, 3.05) is 31.2 Å². The second-order valence-electron chi connectivity index (χ2n) is 7.74. The van der Waals surface area contributed by atoms with E-state index in [0.717, 1.165) is 52.8 Å². The highest BCUT2D eigenvalue weighted by Crippen LogP contribution is 2.30. The number of morpholine rings is 1. The van der Waals surface area contributed by atoms with Crippen molar-refractivity contribution in [2.24, 2.45) is 0 Å². The molecule has 164 valence electrons. The molecule has 1 fully saturated rings. The molecular formula is C24H25N5OS2. The van der Waals surface area contributed by atoms with E-state index in [1.54, 1.807) is 23.1 Å². The van der Waals surface area contributed by atoms with E-state index in [4.69, 9.17) is 9.72 Å². The predicted octanol–water partition coefficient (Wildman–Crippen LogP) is 4.75. The van der Waals surface area contributed by atoms with E-state index >= 15 is 0 Å². The average molecular weight is 464 g/mol. The lowest BCUT2D eigenvalue weighted by molar-refractivity contribution is 0.122. The third-order valence-corrected chi connectivity index (χ3v) is 7.21. The first-order chi connectivity index (χ1) is 15.8. The zero-order valence-corrected chi connectivity index (χ0v) is 19.6. The number of ether oxygens (including phenoxy) is 1. The predicted molar refractivity (Wildman–Crippen MR) is 130 cm³/mol. The van der Waals surface area contributed by atoms with E-state index < -0.39 is 0 Å². The standard InChI is InChI=1S/C24H25N5OS2/c1-18-7-9-21(10-8-18)29-23(28-11-13-30-14-12-28)26-27-24(29)32-17-20-16-31-22(25-20)15-19-5-3-2-4-6-19/h2-10,16H,11-15,17H2,1H3. The first-order valence-electron chi connectivity index (χ1n) is 10.7. The lowest BCUT2D eigenvalue weighted by Crippen LogP contribution is -2.37. The average Bonchev–Trinajstić information content (AvgIpc) is 3.46. The molecule has 5 rings (SSSR count). The molecule has 6 nitrogen and oxygen atoms in total. The van der Waals surface area contributed by atoms with Gasteiger partial charge in [0.2, 0.25) is 5.95 Å². The Hall–Kier alpha value is -2.68. The SMILES string of the molecule is Cc1ccc(-n2c(SCc3csc(Cc4ccccc4)n3)nnc2N2CCOCC2)cc1. The van der Waals surface area contributed by atoms with Crippen molar-refractivity contribution >= 4 is 29.0 Å². The van der Waals surface area contributed by atoms with Gasteiger partial charge in [0.1, 0.15) is 0 Å². The molecule has 0 atom stereocenters. The summed E-state index contributed by atoms with van der Waals surface area (Å²) in [5.74, 6) is 1.64. The number of benzene rings is 2. The highest BCUT2D eigenvalue weighted by molar-refractivity contribution is 7.98. The minimum absolute atomic E-state index is 0.715. The van der Waals surface area contributed by atoms with E-state index in [2.05, 4.69) is 80.5 Å². The Morgan fingerprint density at radius 3 is 2.56 bits per heavy atom. The van der Waals surface area contributed by atoms with Gasteiger partial charge in [0.25, 0.3) is 0 Å². The number of thiazole rings is 1. The molecule has 4 aromatic rings. The molecule has 1 saturated heterocycles. The Kier molecular flexibility index (Phi) is 6.52. The maximum Gasteiger partial charge on any atom is 0.232 e. The summed E-state index contributed by atoms with van der Waals surface area (Å²) in [7, 11) is 0. The zero-order chi connectivity index (χ0) is 21.8. The Morgan fingerprint density at radius 2 is 1.78 bits per heavy atom. The fraction of sp³-hybridized carbons (Fsp3) is 0.292. The third kappa shape index (κ3) is 4.87. The number of anilines is 1. The van der Waals surface area contributed by atoms with Gasteiger partial charge in [0.15, 0.2) is 5.16 Å². The van der Waals surface area contributed by atoms with E-state index in [9.17, 15) is 0 Å². The number of aromatic nitrogens is 4. The van der Waals surface area contributed by atoms with Gasteiger partial charge >= 0.3 is 0 Å². The van der Waals surface area contributed by atoms with Crippen molar-refractivity contribution in [3.05, 3.63) is 81.8 Å². The Balaban J connectivity index is 1.35. The number of nitrogens with zero attached hydrogens (tertiary/aromatic N) is 5. The van der Waals surface area contributed by atoms with Gasteiger partial charge in [0, 0.05) is 30.6 Å². The zero-order valence-electron chi connectivity index (χ0n) is 18.0. The van der Waals surface area contributed by atoms with Crippen LogP contribution in [0.4, 0.5) is 5.95 Å². The summed E-state index contributed by atoms with van der Waals surface area (Å²) in [4.78, 5) is 7.10. The quantitative estimate of drug-likeness (QED) is 0.369. The van der Waals surface area contributed by atoms with Gasteiger partial charge < -0.3 is 9.64 Å². The van der Waals surface area contributed by atoms with Gasteiger partial charge in [-0.3, -0.25) is 4.57 Å². The van der Waals surface area contributed by atoms with Crippen molar-refractivity contribution in [1.82, 2.24) is 19.7 Å². The normalized spacial score (nSPS) is 14.1. The maximum absolute atomic E-state index is 5.53. The van der Waals surface area contributed by atoms with Crippen LogP contribution in [-0.4, -0.2) is 46.1 Å². The Morgan fingerprint density at radius 1 is 1.00 bits per heavy atom. The Bertz CT molecular complexity index is 1150. The fourth-order valence-corrected chi connectivity index (χ4v) is 5.42. The molecule has 1 aliphatic rings. The van der Waals surface area contributed by atoms with Gasteiger partial charge in [-0.2, -0.15) is 0 Å². The van der Waals surface area contributed by atoms with Crippen LogP contribution in [0.3, 0.4) is 0 Å². The molecule has 1 aliphatic heterocycles. The van der Waals surface area contributed by atoms with Gasteiger partial charge in [-0.05, 0) is 24.6 Å². The van der Waals surface area contributed by atoms with Gasteiger partial charge in [-0.1, -0.05) is 59.8 Å². The summed E-state index contributed by atoms with van der Waals surface area (Å²) in [5.41, 5.74) is 4.68. The number of hydrogen-bond donors (Lipinski definition) is 0. The van der Waals surface area contributed by atoms with Crippen LogP contribution in [0.15, 0.2) is 65.1 Å². The summed E-state index contributed by atoms with van der Waals surface area (Å²) >= 11 is 3.40. The maximum atomic E-state index is 5.53. The summed E-state index contributed by atoms with van der Waals surface area (Å²) in [5, 5.41) is 13.3. The number of thioether (sulfide) groups is 1. The van der Waals surface area contributed by atoms with Crippen molar-refractivity contribution in [3.8, 4) is 5.69 Å². The molecule has 0 amide bonds. The number of aryl methyl sites for hydroxylation is 1. The molecule has 0 bridgehead atoms. The molecule has 3 heterocycles. The van der Waals surface area contributed by atoms with E-state index in [1.165, 1.54) is 11.1 Å². The summed E-state index contributed by atoms with van der Waals surface area (Å²) in [6.45, 7) is 5.18. The van der Waals surface area contributed by atoms with Crippen molar-refractivity contribution in [1.29, 1.82) is 0 Å². The van der Waals surface area contributed by atoms with Crippen molar-refractivity contribution < 1.29 is 4.74 Å². The topological polar surface area (TPSA) is 56.1 Å². The summed E-state index contributed by atoms with van der Waals surface area (Å²) < 4.78 is 7.69. The molecule has 32 heavy (non-hydrogen) atoms. The van der Waals surface area contributed by atoms with E-state index in [0.29, 0.717) is 13.2 Å². The largest absolute Gasteiger partial charge is 0.378 e. The van der Waals surface area contributed by atoms with Crippen LogP contribution in [0.2, 0.25) is 0 Å².